The molecule has 0 aliphatic heterocycles. The third-order valence-electron chi connectivity index (χ3n) is 3.79. The molecule has 0 aromatic heterocycles. The van der Waals surface area contributed by atoms with Crippen molar-refractivity contribution in [1.29, 1.82) is 5.26 Å². The van der Waals surface area contributed by atoms with Crippen LogP contribution in [0.25, 0.3) is 0 Å². The van der Waals surface area contributed by atoms with E-state index in [4.69, 9.17) is 9.44 Å². The lowest BCUT2D eigenvalue weighted by atomic mass is 10.1. The van der Waals surface area contributed by atoms with Crippen LogP contribution >= 0.6 is 0 Å². The Morgan fingerprint density at radius 3 is 2.28 bits per heavy atom. The molecule has 25 heavy (non-hydrogen) atoms. The molecule has 0 amide bonds. The third kappa shape index (κ3) is 6.22. The molecular formula is C19H22N2O3S. The SMILES string of the molecule is CC(C)N(CCS(=O)(=O)Oc1ccccc1)Cc1ccc(C#N)cc1. The Labute approximate surface area is 149 Å². The van der Waals surface area contributed by atoms with E-state index in [0.29, 0.717) is 24.4 Å². The van der Waals surface area contributed by atoms with Crippen molar-refractivity contribution >= 4 is 10.1 Å². The molecule has 132 valence electrons. The van der Waals surface area contributed by atoms with Crippen molar-refractivity contribution in [3.63, 3.8) is 0 Å². The van der Waals surface area contributed by atoms with Crippen LogP contribution in [-0.4, -0.2) is 31.7 Å². The van der Waals surface area contributed by atoms with Gasteiger partial charge in [-0.25, -0.2) is 0 Å². The zero-order valence-electron chi connectivity index (χ0n) is 14.4. The fourth-order valence-electron chi connectivity index (χ4n) is 2.33. The molecule has 0 heterocycles. The van der Waals surface area contributed by atoms with Gasteiger partial charge in [-0.1, -0.05) is 30.3 Å². The molecule has 0 aliphatic rings. The molecule has 0 bridgehead atoms. The maximum Gasteiger partial charge on any atom is 0.310 e. The summed E-state index contributed by atoms with van der Waals surface area (Å²) in [6.45, 7) is 5.03. The van der Waals surface area contributed by atoms with Crippen molar-refractivity contribution < 1.29 is 12.6 Å². The standard InChI is InChI=1S/C19H22N2O3S/c1-16(2)21(15-18-10-8-17(14-20)9-11-18)12-13-25(22,23)24-19-6-4-3-5-7-19/h3-11,16H,12-13,15H2,1-2H3. The molecule has 0 saturated heterocycles. The minimum atomic E-state index is -3.65. The predicted octanol–water partition coefficient (Wildman–Crippen LogP) is 3.18. The van der Waals surface area contributed by atoms with Crippen LogP contribution in [-0.2, 0) is 16.7 Å². The van der Waals surface area contributed by atoms with E-state index in [1.807, 2.05) is 26.0 Å². The minimum Gasteiger partial charge on any atom is -0.382 e. The van der Waals surface area contributed by atoms with E-state index in [1.165, 1.54) is 0 Å². The highest BCUT2D eigenvalue weighted by Gasteiger charge is 2.18. The van der Waals surface area contributed by atoms with Crippen LogP contribution in [0, 0.1) is 11.3 Å². The van der Waals surface area contributed by atoms with Gasteiger partial charge in [0, 0.05) is 19.1 Å². The average Bonchev–Trinajstić information content (AvgIpc) is 2.59. The molecule has 5 nitrogen and oxygen atoms in total. The van der Waals surface area contributed by atoms with Crippen LogP contribution in [0.1, 0.15) is 25.0 Å². The normalized spacial score (nSPS) is 11.5. The summed E-state index contributed by atoms with van der Waals surface area (Å²) in [7, 11) is -3.65. The number of nitrogens with zero attached hydrogens (tertiary/aromatic N) is 2. The molecule has 0 saturated carbocycles. The van der Waals surface area contributed by atoms with Gasteiger partial charge in [0.1, 0.15) is 5.75 Å². The summed E-state index contributed by atoms with van der Waals surface area (Å²) in [5.41, 5.74) is 1.65. The van der Waals surface area contributed by atoms with E-state index in [2.05, 4.69) is 11.0 Å². The van der Waals surface area contributed by atoms with E-state index in [9.17, 15) is 8.42 Å². The quantitative estimate of drug-likeness (QED) is 0.678. The Hall–Kier alpha value is -2.36. The summed E-state index contributed by atoms with van der Waals surface area (Å²) < 4.78 is 29.5. The first-order chi connectivity index (χ1) is 11.9. The summed E-state index contributed by atoms with van der Waals surface area (Å²) in [6.07, 6.45) is 0. The van der Waals surface area contributed by atoms with E-state index >= 15 is 0 Å². The summed E-state index contributed by atoms with van der Waals surface area (Å²) in [5.74, 6) is 0.238. The molecule has 2 rings (SSSR count). The Morgan fingerprint density at radius 1 is 1.08 bits per heavy atom. The highest BCUT2D eigenvalue weighted by Crippen LogP contribution is 2.14. The fraction of sp³-hybridized carbons (Fsp3) is 0.316. The van der Waals surface area contributed by atoms with Gasteiger partial charge in [0.2, 0.25) is 0 Å². The number of hydrogen-bond donors (Lipinski definition) is 0. The predicted molar refractivity (Wildman–Crippen MR) is 97.6 cm³/mol. The Bertz CT molecular complexity index is 810. The van der Waals surface area contributed by atoms with Crippen molar-refractivity contribution in [1.82, 2.24) is 4.90 Å². The zero-order chi connectivity index (χ0) is 18.3. The van der Waals surface area contributed by atoms with Crippen LogP contribution in [0.4, 0.5) is 0 Å². The van der Waals surface area contributed by atoms with Gasteiger partial charge in [-0.15, -0.1) is 0 Å². The van der Waals surface area contributed by atoms with Crippen molar-refractivity contribution in [3.8, 4) is 11.8 Å². The van der Waals surface area contributed by atoms with Gasteiger partial charge in [0.15, 0.2) is 0 Å². The van der Waals surface area contributed by atoms with E-state index in [1.54, 1.807) is 42.5 Å². The monoisotopic (exact) mass is 358 g/mol. The van der Waals surface area contributed by atoms with E-state index in [0.717, 1.165) is 5.56 Å². The van der Waals surface area contributed by atoms with Gasteiger partial charge >= 0.3 is 10.1 Å². The third-order valence-corrected chi connectivity index (χ3v) is 4.92. The highest BCUT2D eigenvalue weighted by atomic mass is 32.2. The second kappa shape index (κ2) is 8.65. The summed E-state index contributed by atoms with van der Waals surface area (Å²) in [5, 5.41) is 8.85. The smallest absolute Gasteiger partial charge is 0.310 e. The molecule has 0 fully saturated rings. The Kier molecular flexibility index (Phi) is 6.57. The first-order valence-electron chi connectivity index (χ1n) is 8.10. The van der Waals surface area contributed by atoms with Crippen LogP contribution in [0.3, 0.4) is 0 Å². The van der Waals surface area contributed by atoms with Crippen molar-refractivity contribution in [3.05, 3.63) is 65.7 Å². The Morgan fingerprint density at radius 2 is 1.72 bits per heavy atom. The van der Waals surface area contributed by atoms with Crippen molar-refractivity contribution in [2.45, 2.75) is 26.4 Å². The van der Waals surface area contributed by atoms with Crippen LogP contribution in [0.2, 0.25) is 0 Å². The lowest BCUT2D eigenvalue weighted by Gasteiger charge is -2.26. The second-order valence-corrected chi connectivity index (χ2v) is 7.72. The topological polar surface area (TPSA) is 70.4 Å². The first-order valence-corrected chi connectivity index (χ1v) is 9.67. The second-order valence-electron chi connectivity index (χ2n) is 6.03. The fourth-order valence-corrected chi connectivity index (χ4v) is 3.28. The summed E-state index contributed by atoms with van der Waals surface area (Å²) >= 11 is 0. The Balaban J connectivity index is 1.97. The molecular weight excluding hydrogens is 336 g/mol. The maximum absolute atomic E-state index is 12.2. The zero-order valence-corrected chi connectivity index (χ0v) is 15.2. The van der Waals surface area contributed by atoms with Crippen LogP contribution in [0.15, 0.2) is 54.6 Å². The molecule has 0 spiro atoms. The molecule has 0 unspecified atom stereocenters. The largest absolute Gasteiger partial charge is 0.382 e. The van der Waals surface area contributed by atoms with E-state index < -0.39 is 10.1 Å². The first kappa shape index (κ1) is 19.0. The number of benzene rings is 2. The lowest BCUT2D eigenvalue weighted by molar-refractivity contribution is 0.224. The molecule has 6 heteroatoms. The minimum absolute atomic E-state index is 0.0870. The molecule has 2 aromatic rings. The summed E-state index contributed by atoms with van der Waals surface area (Å²) in [4.78, 5) is 2.06. The van der Waals surface area contributed by atoms with Gasteiger partial charge < -0.3 is 4.18 Å². The number of hydrogen-bond acceptors (Lipinski definition) is 5. The van der Waals surface area contributed by atoms with E-state index in [-0.39, 0.29) is 11.8 Å². The van der Waals surface area contributed by atoms with Gasteiger partial charge in [0.05, 0.1) is 17.4 Å². The number of nitriles is 1. The molecule has 0 radical (unpaired) electrons. The van der Waals surface area contributed by atoms with Gasteiger partial charge in [-0.2, -0.15) is 13.7 Å². The molecule has 2 aromatic carbocycles. The molecule has 0 N–H and O–H groups in total. The highest BCUT2D eigenvalue weighted by molar-refractivity contribution is 7.87. The van der Waals surface area contributed by atoms with Gasteiger partial charge in [-0.05, 0) is 43.7 Å². The maximum atomic E-state index is 12.2. The van der Waals surface area contributed by atoms with Crippen LogP contribution < -0.4 is 4.18 Å². The lowest BCUT2D eigenvalue weighted by Crippen LogP contribution is -2.35. The molecule has 0 atom stereocenters. The number of para-hydroxylation sites is 1. The summed E-state index contributed by atoms with van der Waals surface area (Å²) in [6, 6.07) is 18.1. The van der Waals surface area contributed by atoms with Gasteiger partial charge in [-0.3, -0.25) is 4.90 Å². The number of rotatable bonds is 8. The van der Waals surface area contributed by atoms with Crippen LogP contribution in [0.5, 0.6) is 5.75 Å². The average molecular weight is 358 g/mol. The molecule has 0 aliphatic carbocycles. The van der Waals surface area contributed by atoms with Crippen molar-refractivity contribution in [2.75, 3.05) is 12.3 Å². The van der Waals surface area contributed by atoms with Crippen molar-refractivity contribution in [2.24, 2.45) is 0 Å². The van der Waals surface area contributed by atoms with Gasteiger partial charge in [0.25, 0.3) is 0 Å².